The Labute approximate surface area is 180 Å². The van der Waals surface area contributed by atoms with Crippen molar-refractivity contribution < 1.29 is 9.21 Å². The van der Waals surface area contributed by atoms with Crippen LogP contribution in [0, 0.1) is 6.92 Å². The summed E-state index contributed by atoms with van der Waals surface area (Å²) in [4.78, 5) is 26.2. The summed E-state index contributed by atoms with van der Waals surface area (Å²) >= 11 is 0. The van der Waals surface area contributed by atoms with Gasteiger partial charge in [-0.25, -0.2) is 15.0 Å². The Morgan fingerprint density at radius 2 is 2.06 bits per heavy atom. The first kappa shape index (κ1) is 20.6. The Bertz CT molecular complexity index is 1090. The van der Waals surface area contributed by atoms with Crippen LogP contribution in [-0.2, 0) is 6.54 Å². The molecule has 1 saturated carbocycles. The van der Waals surface area contributed by atoms with Crippen LogP contribution in [0.3, 0.4) is 0 Å². The molecule has 6 N–H and O–H groups in total. The van der Waals surface area contributed by atoms with Crippen molar-refractivity contribution in [2.75, 3.05) is 5.32 Å². The minimum absolute atomic E-state index is 0.0218. The Morgan fingerprint density at radius 1 is 1.23 bits per heavy atom. The largest absolute Gasteiger partial charge is 0.467 e. The van der Waals surface area contributed by atoms with Crippen molar-refractivity contribution in [2.24, 2.45) is 16.5 Å². The zero-order valence-electron chi connectivity index (χ0n) is 17.5. The molecule has 31 heavy (non-hydrogen) atoms. The third kappa shape index (κ3) is 4.93. The van der Waals surface area contributed by atoms with Gasteiger partial charge in [-0.05, 0) is 44.0 Å². The normalized spacial score (nSPS) is 18.5. The number of anilines is 1. The highest BCUT2D eigenvalue weighted by atomic mass is 16.3. The Morgan fingerprint density at radius 3 is 2.84 bits per heavy atom. The molecule has 2 aromatic heterocycles. The number of furan rings is 1. The Balaban J connectivity index is 1.64. The average Bonchev–Trinajstić information content (AvgIpc) is 3.27. The molecular formula is C22H27N7O2. The van der Waals surface area contributed by atoms with Crippen LogP contribution in [0.5, 0.6) is 0 Å². The average molecular weight is 422 g/mol. The topological polar surface area (TPSA) is 144 Å². The van der Waals surface area contributed by atoms with Gasteiger partial charge in [0.25, 0.3) is 5.91 Å². The summed E-state index contributed by atoms with van der Waals surface area (Å²) in [5.74, 6) is 1.08. The predicted molar refractivity (Wildman–Crippen MR) is 120 cm³/mol. The zero-order valence-corrected chi connectivity index (χ0v) is 17.5. The van der Waals surface area contributed by atoms with Crippen molar-refractivity contribution in [2.45, 2.75) is 51.2 Å². The van der Waals surface area contributed by atoms with E-state index >= 15 is 0 Å². The van der Waals surface area contributed by atoms with Gasteiger partial charge in [-0.15, -0.1) is 0 Å². The number of hydrogen-bond donors (Lipinski definition) is 4. The van der Waals surface area contributed by atoms with Crippen molar-refractivity contribution in [1.29, 1.82) is 0 Å². The summed E-state index contributed by atoms with van der Waals surface area (Å²) in [5.41, 5.74) is 13.1. The van der Waals surface area contributed by atoms with Gasteiger partial charge in [-0.3, -0.25) is 4.79 Å². The number of nitrogens with two attached hydrogens (primary N) is 2. The zero-order chi connectivity index (χ0) is 21.8. The van der Waals surface area contributed by atoms with E-state index in [-0.39, 0.29) is 36.3 Å². The second-order valence-electron chi connectivity index (χ2n) is 7.84. The molecule has 162 valence electrons. The van der Waals surface area contributed by atoms with E-state index < -0.39 is 0 Å². The van der Waals surface area contributed by atoms with Crippen molar-refractivity contribution >= 4 is 28.6 Å². The van der Waals surface area contributed by atoms with Gasteiger partial charge in [0.05, 0.1) is 30.4 Å². The maximum absolute atomic E-state index is 12.7. The lowest BCUT2D eigenvalue weighted by atomic mass is 9.90. The van der Waals surface area contributed by atoms with Crippen LogP contribution in [0.1, 0.15) is 47.6 Å². The number of benzene rings is 1. The fraction of sp³-hybridized carbons (Fsp3) is 0.364. The molecule has 9 nitrogen and oxygen atoms in total. The van der Waals surface area contributed by atoms with Crippen molar-refractivity contribution in [3.05, 3.63) is 53.7 Å². The summed E-state index contributed by atoms with van der Waals surface area (Å²) in [5, 5.41) is 7.16. The number of hydrogen-bond acceptors (Lipinski definition) is 6. The minimum atomic E-state index is -0.369. The Kier molecular flexibility index (Phi) is 6.01. The van der Waals surface area contributed by atoms with Gasteiger partial charge in [0, 0.05) is 5.39 Å². The number of fused-ring (bicyclic) bond motifs is 1. The first-order valence-corrected chi connectivity index (χ1v) is 10.4. The standard InChI is InChI=1S/C22H27N7O2/c1-13-8-9-16-15(11-13)19(27-17-6-2-3-7-18(17)28-22(23)24)29-20(26-16)21(30)25-12-14-5-4-10-31-14/h4-5,8-11,17-18H,2-3,6-7,12H2,1H3,(H,25,30)(H4,23,24,28)(H,26,27,29). The summed E-state index contributed by atoms with van der Waals surface area (Å²) < 4.78 is 5.27. The van der Waals surface area contributed by atoms with Crippen LogP contribution >= 0.6 is 0 Å². The van der Waals surface area contributed by atoms with Crippen LogP contribution in [-0.4, -0.2) is 33.9 Å². The minimum Gasteiger partial charge on any atom is -0.467 e. The van der Waals surface area contributed by atoms with E-state index in [1.807, 2.05) is 25.1 Å². The fourth-order valence-electron chi connectivity index (χ4n) is 3.91. The van der Waals surface area contributed by atoms with E-state index in [4.69, 9.17) is 15.9 Å². The van der Waals surface area contributed by atoms with Gasteiger partial charge in [0.15, 0.2) is 5.96 Å². The summed E-state index contributed by atoms with van der Waals surface area (Å²) in [6.07, 6.45) is 5.53. The van der Waals surface area contributed by atoms with Crippen molar-refractivity contribution in [3.63, 3.8) is 0 Å². The maximum Gasteiger partial charge on any atom is 0.289 e. The molecule has 3 aromatic rings. The van der Waals surface area contributed by atoms with E-state index in [0.717, 1.165) is 36.6 Å². The van der Waals surface area contributed by atoms with Gasteiger partial charge >= 0.3 is 0 Å². The second kappa shape index (κ2) is 9.03. The maximum atomic E-state index is 12.7. The Hall–Kier alpha value is -3.62. The molecular weight excluding hydrogens is 394 g/mol. The summed E-state index contributed by atoms with van der Waals surface area (Å²) in [6.45, 7) is 2.27. The molecule has 1 aliphatic rings. The highest BCUT2D eigenvalue weighted by Crippen LogP contribution is 2.28. The number of aliphatic imine (C=N–C) groups is 1. The lowest BCUT2D eigenvalue weighted by Gasteiger charge is -2.30. The number of nitrogens with zero attached hydrogens (tertiary/aromatic N) is 3. The summed E-state index contributed by atoms with van der Waals surface area (Å²) in [7, 11) is 0. The first-order valence-electron chi connectivity index (χ1n) is 10.4. The van der Waals surface area contributed by atoms with Gasteiger partial charge in [0.2, 0.25) is 5.82 Å². The monoisotopic (exact) mass is 421 g/mol. The number of carbonyl (C=O) groups is 1. The van der Waals surface area contributed by atoms with Gasteiger partial charge in [0.1, 0.15) is 11.6 Å². The molecule has 1 aromatic carbocycles. The van der Waals surface area contributed by atoms with E-state index in [1.54, 1.807) is 18.4 Å². The molecule has 2 heterocycles. The smallest absolute Gasteiger partial charge is 0.289 e. The van der Waals surface area contributed by atoms with Crippen LogP contribution in [0.2, 0.25) is 0 Å². The number of rotatable bonds is 6. The molecule has 2 unspecified atom stereocenters. The number of amides is 1. The molecule has 1 amide bonds. The second-order valence-corrected chi connectivity index (χ2v) is 7.84. The van der Waals surface area contributed by atoms with Crippen LogP contribution in [0.4, 0.5) is 5.82 Å². The molecule has 9 heteroatoms. The highest BCUT2D eigenvalue weighted by molar-refractivity contribution is 5.96. The number of nitrogens with one attached hydrogen (secondary N) is 2. The van der Waals surface area contributed by atoms with E-state index in [2.05, 4.69) is 25.6 Å². The molecule has 1 aliphatic carbocycles. The third-order valence-corrected chi connectivity index (χ3v) is 5.42. The van der Waals surface area contributed by atoms with Gasteiger partial charge < -0.3 is 26.5 Å². The number of aryl methyl sites for hydroxylation is 1. The molecule has 0 radical (unpaired) electrons. The third-order valence-electron chi connectivity index (χ3n) is 5.42. The van der Waals surface area contributed by atoms with E-state index in [9.17, 15) is 4.79 Å². The first-order chi connectivity index (χ1) is 15.0. The SMILES string of the molecule is Cc1ccc2nc(C(=O)NCc3ccco3)nc(NC3CCCCC3N=C(N)N)c2c1. The van der Waals surface area contributed by atoms with Gasteiger partial charge in [-0.1, -0.05) is 24.5 Å². The molecule has 0 bridgehead atoms. The molecule has 0 aliphatic heterocycles. The predicted octanol–water partition coefficient (Wildman–Crippen LogP) is 2.46. The van der Waals surface area contributed by atoms with Crippen LogP contribution in [0.15, 0.2) is 46.0 Å². The molecule has 1 fully saturated rings. The van der Waals surface area contributed by atoms with Gasteiger partial charge in [-0.2, -0.15) is 0 Å². The number of carbonyl (C=O) groups excluding carboxylic acids is 1. The lowest BCUT2D eigenvalue weighted by Crippen LogP contribution is -2.38. The highest BCUT2D eigenvalue weighted by Gasteiger charge is 2.26. The quantitative estimate of drug-likeness (QED) is 0.353. The van der Waals surface area contributed by atoms with E-state index in [0.29, 0.717) is 17.1 Å². The van der Waals surface area contributed by atoms with Crippen LogP contribution < -0.4 is 22.1 Å². The molecule has 0 spiro atoms. The molecule has 2 atom stereocenters. The number of guanidine groups is 1. The lowest BCUT2D eigenvalue weighted by molar-refractivity contribution is 0.0938. The van der Waals surface area contributed by atoms with Crippen LogP contribution in [0.25, 0.3) is 10.9 Å². The van der Waals surface area contributed by atoms with Crippen molar-refractivity contribution in [1.82, 2.24) is 15.3 Å². The molecule has 0 saturated heterocycles. The summed E-state index contributed by atoms with van der Waals surface area (Å²) in [6, 6.07) is 9.43. The number of aromatic nitrogens is 2. The van der Waals surface area contributed by atoms with E-state index in [1.165, 1.54) is 0 Å². The fourth-order valence-corrected chi connectivity index (χ4v) is 3.91. The molecule has 4 rings (SSSR count). The van der Waals surface area contributed by atoms with Crippen molar-refractivity contribution in [3.8, 4) is 0 Å².